The van der Waals surface area contributed by atoms with Gasteiger partial charge in [0.05, 0.1) is 6.67 Å². The lowest BCUT2D eigenvalue weighted by molar-refractivity contribution is -0.108. The number of aromatic nitrogens is 1. The van der Waals surface area contributed by atoms with Gasteiger partial charge in [0.2, 0.25) is 0 Å². The first-order valence-corrected chi connectivity index (χ1v) is 9.58. The van der Waals surface area contributed by atoms with Gasteiger partial charge in [-0.15, -0.1) is 0 Å². The van der Waals surface area contributed by atoms with Gasteiger partial charge in [0.25, 0.3) is 0 Å². The molecule has 0 amide bonds. The standard InChI is InChI=1S/C19H32FN3O.CH4O/c1-3-17-10-11-18(22-19(17)21-2)9-4-5-13-23(15-8-12-20)14-6-7-16-24;1-2/h10-11,16H,3-9,12-15H2,1-2H3,(H,21,22);2H,1H3. The van der Waals surface area contributed by atoms with E-state index in [4.69, 9.17) is 5.11 Å². The fraction of sp³-hybridized carbons (Fsp3) is 0.700. The molecule has 0 saturated carbocycles. The number of nitrogens with one attached hydrogen (secondary N) is 1. The van der Waals surface area contributed by atoms with Crippen LogP contribution in [0.4, 0.5) is 10.2 Å². The Morgan fingerprint density at radius 1 is 1.15 bits per heavy atom. The third-order valence-electron chi connectivity index (χ3n) is 4.22. The highest BCUT2D eigenvalue weighted by Gasteiger charge is 2.06. The zero-order valence-electron chi connectivity index (χ0n) is 16.6. The number of aliphatic hydroxyl groups is 1. The van der Waals surface area contributed by atoms with Crippen LogP contribution in [0.3, 0.4) is 0 Å². The lowest BCUT2D eigenvalue weighted by Crippen LogP contribution is -2.27. The molecule has 0 aliphatic carbocycles. The Balaban J connectivity index is 0.00000301. The molecule has 26 heavy (non-hydrogen) atoms. The molecule has 1 rings (SSSR count). The summed E-state index contributed by atoms with van der Waals surface area (Å²) in [5, 5.41) is 10.2. The Kier molecular flexibility index (Phi) is 15.9. The first kappa shape index (κ1) is 24.5. The maximum absolute atomic E-state index is 12.4. The Hall–Kier alpha value is -1.53. The molecule has 0 bridgehead atoms. The minimum absolute atomic E-state index is 0.273. The molecule has 0 saturated heterocycles. The van der Waals surface area contributed by atoms with E-state index in [0.717, 1.165) is 76.6 Å². The highest BCUT2D eigenvalue weighted by molar-refractivity contribution is 5.49. The smallest absolute Gasteiger partial charge is 0.129 e. The zero-order chi connectivity index (χ0) is 19.6. The van der Waals surface area contributed by atoms with Gasteiger partial charge in [0.1, 0.15) is 12.1 Å². The Bertz CT molecular complexity index is 472. The fourth-order valence-electron chi connectivity index (χ4n) is 2.83. The van der Waals surface area contributed by atoms with Crippen LogP contribution < -0.4 is 5.32 Å². The molecule has 0 aromatic carbocycles. The highest BCUT2D eigenvalue weighted by atomic mass is 19.1. The van der Waals surface area contributed by atoms with Crippen molar-refractivity contribution in [3.8, 4) is 0 Å². The summed E-state index contributed by atoms with van der Waals surface area (Å²) in [6, 6.07) is 4.27. The summed E-state index contributed by atoms with van der Waals surface area (Å²) in [6.07, 6.45) is 7.07. The molecule has 0 aliphatic rings. The molecule has 0 unspecified atom stereocenters. The van der Waals surface area contributed by atoms with Crippen LogP contribution in [0.5, 0.6) is 0 Å². The van der Waals surface area contributed by atoms with Gasteiger partial charge in [-0.05, 0) is 63.2 Å². The second-order valence-electron chi connectivity index (χ2n) is 6.06. The molecule has 0 fully saturated rings. The zero-order valence-corrected chi connectivity index (χ0v) is 16.6. The van der Waals surface area contributed by atoms with E-state index in [-0.39, 0.29) is 6.67 Å². The summed E-state index contributed by atoms with van der Waals surface area (Å²) in [5.74, 6) is 0.980. The summed E-state index contributed by atoms with van der Waals surface area (Å²) in [5.41, 5.74) is 2.36. The van der Waals surface area contributed by atoms with Gasteiger partial charge >= 0.3 is 0 Å². The van der Waals surface area contributed by atoms with Crippen LogP contribution >= 0.6 is 0 Å². The molecule has 0 atom stereocenters. The van der Waals surface area contributed by atoms with E-state index in [0.29, 0.717) is 12.8 Å². The minimum Gasteiger partial charge on any atom is -0.400 e. The topological polar surface area (TPSA) is 65.5 Å². The molecule has 1 heterocycles. The first-order chi connectivity index (χ1) is 12.7. The molecule has 5 nitrogen and oxygen atoms in total. The predicted octanol–water partition coefficient (Wildman–Crippen LogP) is 3.26. The number of hydrogen-bond acceptors (Lipinski definition) is 5. The largest absolute Gasteiger partial charge is 0.400 e. The number of pyridine rings is 1. The number of alkyl halides is 1. The van der Waals surface area contributed by atoms with Gasteiger partial charge in [-0.3, -0.25) is 4.39 Å². The van der Waals surface area contributed by atoms with Crippen molar-refractivity contribution in [3.05, 3.63) is 23.4 Å². The van der Waals surface area contributed by atoms with Crippen molar-refractivity contribution in [3.63, 3.8) is 0 Å². The number of anilines is 1. The van der Waals surface area contributed by atoms with E-state index in [2.05, 4.69) is 34.3 Å². The van der Waals surface area contributed by atoms with Gasteiger partial charge < -0.3 is 20.1 Å². The van der Waals surface area contributed by atoms with Crippen molar-refractivity contribution < 1.29 is 14.3 Å². The van der Waals surface area contributed by atoms with Gasteiger partial charge in [0.15, 0.2) is 0 Å². The molecule has 6 heteroatoms. The fourth-order valence-corrected chi connectivity index (χ4v) is 2.83. The number of hydrogen-bond donors (Lipinski definition) is 2. The maximum Gasteiger partial charge on any atom is 0.129 e. The van der Waals surface area contributed by atoms with Gasteiger partial charge in [-0.25, -0.2) is 4.98 Å². The summed E-state index contributed by atoms with van der Waals surface area (Å²) < 4.78 is 12.4. The van der Waals surface area contributed by atoms with Crippen molar-refractivity contribution in [2.75, 3.05) is 45.8 Å². The van der Waals surface area contributed by atoms with E-state index < -0.39 is 0 Å². The van der Waals surface area contributed by atoms with Gasteiger partial charge in [-0.2, -0.15) is 0 Å². The number of aldehydes is 1. The van der Waals surface area contributed by atoms with Gasteiger partial charge in [0, 0.05) is 32.8 Å². The maximum atomic E-state index is 12.4. The number of unbranched alkanes of at least 4 members (excludes halogenated alkanes) is 2. The van der Waals surface area contributed by atoms with Crippen LogP contribution in [-0.4, -0.2) is 61.7 Å². The number of carbonyl (C=O) groups excluding carboxylic acids is 1. The third kappa shape index (κ3) is 10.5. The highest BCUT2D eigenvalue weighted by Crippen LogP contribution is 2.15. The van der Waals surface area contributed by atoms with Crippen LogP contribution in [0.25, 0.3) is 0 Å². The van der Waals surface area contributed by atoms with E-state index >= 15 is 0 Å². The van der Waals surface area contributed by atoms with Crippen LogP contribution in [0.1, 0.15) is 50.3 Å². The van der Waals surface area contributed by atoms with Crippen molar-refractivity contribution in [1.82, 2.24) is 9.88 Å². The second-order valence-corrected chi connectivity index (χ2v) is 6.06. The number of aryl methyl sites for hydroxylation is 2. The summed E-state index contributed by atoms with van der Waals surface area (Å²) >= 11 is 0. The first-order valence-electron chi connectivity index (χ1n) is 9.58. The molecule has 0 aliphatic heterocycles. The van der Waals surface area contributed by atoms with Crippen molar-refractivity contribution in [2.24, 2.45) is 0 Å². The molecular formula is C20H36FN3O2. The molecule has 0 spiro atoms. The summed E-state index contributed by atoms with van der Waals surface area (Å²) in [4.78, 5) is 17.4. The van der Waals surface area contributed by atoms with E-state index in [9.17, 15) is 9.18 Å². The van der Waals surface area contributed by atoms with Crippen molar-refractivity contribution in [2.45, 2.75) is 51.9 Å². The van der Waals surface area contributed by atoms with Crippen LogP contribution in [0.15, 0.2) is 12.1 Å². The van der Waals surface area contributed by atoms with E-state index in [1.54, 1.807) is 0 Å². The quantitative estimate of drug-likeness (QED) is 0.389. The van der Waals surface area contributed by atoms with Crippen LogP contribution in [-0.2, 0) is 17.6 Å². The monoisotopic (exact) mass is 369 g/mol. The Morgan fingerprint density at radius 2 is 1.85 bits per heavy atom. The Morgan fingerprint density at radius 3 is 2.46 bits per heavy atom. The average molecular weight is 370 g/mol. The van der Waals surface area contributed by atoms with Crippen molar-refractivity contribution in [1.29, 1.82) is 0 Å². The summed E-state index contributed by atoms with van der Waals surface area (Å²) in [7, 11) is 2.91. The molecule has 150 valence electrons. The molecular weight excluding hydrogens is 333 g/mol. The number of rotatable bonds is 14. The SMILES string of the molecule is CCc1ccc(CCCCN(CCCF)CCCC=O)nc1NC.CO. The Labute approximate surface area is 158 Å². The number of aliphatic hydroxyl groups excluding tert-OH is 1. The normalized spacial score (nSPS) is 10.4. The number of nitrogens with zero attached hydrogens (tertiary/aromatic N) is 2. The number of carbonyl (C=O) groups is 1. The second kappa shape index (κ2) is 16.9. The molecule has 2 N–H and O–H groups in total. The lowest BCUT2D eigenvalue weighted by Gasteiger charge is -2.21. The van der Waals surface area contributed by atoms with E-state index in [1.165, 1.54) is 5.56 Å². The minimum atomic E-state index is -0.273. The van der Waals surface area contributed by atoms with E-state index in [1.807, 2.05) is 7.05 Å². The molecule has 1 aromatic rings. The van der Waals surface area contributed by atoms with Crippen molar-refractivity contribution >= 4 is 12.1 Å². The third-order valence-corrected chi connectivity index (χ3v) is 4.22. The van der Waals surface area contributed by atoms with Gasteiger partial charge in [-0.1, -0.05) is 13.0 Å². The van der Waals surface area contributed by atoms with Crippen LogP contribution in [0, 0.1) is 0 Å². The molecule has 0 radical (unpaired) electrons. The predicted molar refractivity (Wildman–Crippen MR) is 107 cm³/mol. The summed E-state index contributed by atoms with van der Waals surface area (Å²) in [6.45, 7) is 4.48. The lowest BCUT2D eigenvalue weighted by atomic mass is 10.1. The number of halogens is 1. The molecule has 1 aromatic heterocycles. The van der Waals surface area contributed by atoms with Crippen LogP contribution in [0.2, 0.25) is 0 Å². The average Bonchev–Trinajstić information content (AvgIpc) is 2.70.